The Bertz CT molecular complexity index is 618. The predicted molar refractivity (Wildman–Crippen MR) is 81.2 cm³/mol. The van der Waals surface area contributed by atoms with Gasteiger partial charge in [-0.05, 0) is 25.3 Å². The first-order valence-electron chi connectivity index (χ1n) is 7.29. The Labute approximate surface area is 124 Å². The van der Waals surface area contributed by atoms with Crippen molar-refractivity contribution in [1.29, 1.82) is 0 Å². The van der Waals surface area contributed by atoms with Crippen molar-refractivity contribution in [3.63, 3.8) is 0 Å². The lowest BCUT2D eigenvalue weighted by Crippen LogP contribution is -2.30. The lowest BCUT2D eigenvalue weighted by atomic mass is 10.1. The van der Waals surface area contributed by atoms with E-state index in [0.717, 1.165) is 48.8 Å². The first-order valence-corrected chi connectivity index (χ1v) is 7.29. The van der Waals surface area contributed by atoms with Gasteiger partial charge in [0.05, 0.1) is 18.0 Å². The van der Waals surface area contributed by atoms with Crippen molar-refractivity contribution in [2.75, 3.05) is 25.1 Å². The number of hydrogen-bond acceptors (Lipinski definition) is 5. The molecular weight excluding hydrogens is 266 g/mol. The van der Waals surface area contributed by atoms with E-state index in [4.69, 9.17) is 9.72 Å². The van der Waals surface area contributed by atoms with Gasteiger partial charge in [-0.15, -0.1) is 0 Å². The average molecular weight is 287 g/mol. The topological polar surface area (TPSA) is 56.1 Å². The van der Waals surface area contributed by atoms with Gasteiger partial charge in [0.1, 0.15) is 0 Å². The molecule has 0 N–H and O–H groups in total. The molecule has 0 bridgehead atoms. The Hall–Kier alpha value is -1.95. The normalized spacial score (nSPS) is 18.1. The van der Waals surface area contributed by atoms with Crippen molar-refractivity contribution >= 4 is 5.95 Å². The lowest BCUT2D eigenvalue weighted by molar-refractivity contribution is 0.116. The Morgan fingerprint density at radius 1 is 1.43 bits per heavy atom. The van der Waals surface area contributed by atoms with Crippen LogP contribution in [-0.2, 0) is 11.8 Å². The maximum absolute atomic E-state index is 5.68. The molecule has 6 nitrogen and oxygen atoms in total. The first-order chi connectivity index (χ1) is 10.1. The van der Waals surface area contributed by atoms with E-state index in [0.29, 0.717) is 6.10 Å². The van der Waals surface area contributed by atoms with Gasteiger partial charge in [-0.3, -0.25) is 4.68 Å². The summed E-state index contributed by atoms with van der Waals surface area (Å²) in [4.78, 5) is 11.2. The molecule has 112 valence electrons. The number of aromatic nitrogens is 4. The highest BCUT2D eigenvalue weighted by Crippen LogP contribution is 2.22. The van der Waals surface area contributed by atoms with E-state index in [2.05, 4.69) is 15.0 Å². The van der Waals surface area contributed by atoms with Crippen LogP contribution in [0.1, 0.15) is 18.4 Å². The van der Waals surface area contributed by atoms with Gasteiger partial charge in [-0.25, -0.2) is 9.97 Å². The van der Waals surface area contributed by atoms with E-state index in [1.165, 1.54) is 0 Å². The standard InChI is InChI=1S/C15H21N5O/c1-11-7-16-15(19(2)10-13-5-4-6-21-13)18-14(11)12-8-17-20(3)9-12/h7-9,13H,4-6,10H2,1-3H3. The van der Waals surface area contributed by atoms with Gasteiger partial charge in [0.15, 0.2) is 0 Å². The van der Waals surface area contributed by atoms with E-state index < -0.39 is 0 Å². The molecule has 0 spiro atoms. The van der Waals surface area contributed by atoms with Crippen LogP contribution >= 0.6 is 0 Å². The maximum Gasteiger partial charge on any atom is 0.225 e. The van der Waals surface area contributed by atoms with Crippen LogP contribution in [0.5, 0.6) is 0 Å². The maximum atomic E-state index is 5.68. The van der Waals surface area contributed by atoms with Gasteiger partial charge in [0.2, 0.25) is 5.95 Å². The molecule has 0 saturated carbocycles. The van der Waals surface area contributed by atoms with E-state index in [1.807, 2.05) is 39.6 Å². The summed E-state index contributed by atoms with van der Waals surface area (Å²) in [5, 5.41) is 4.21. The van der Waals surface area contributed by atoms with Crippen LogP contribution < -0.4 is 4.90 Å². The second-order valence-electron chi connectivity index (χ2n) is 5.62. The molecule has 0 amide bonds. The summed E-state index contributed by atoms with van der Waals surface area (Å²) in [7, 11) is 3.92. The fraction of sp³-hybridized carbons (Fsp3) is 0.533. The molecule has 3 rings (SSSR count). The van der Waals surface area contributed by atoms with E-state index in [1.54, 1.807) is 4.68 Å². The number of anilines is 1. The highest BCUT2D eigenvalue weighted by Gasteiger charge is 2.19. The molecule has 1 atom stereocenters. The fourth-order valence-electron chi connectivity index (χ4n) is 2.63. The average Bonchev–Trinajstić information content (AvgIpc) is 3.11. The van der Waals surface area contributed by atoms with Crippen molar-refractivity contribution in [2.24, 2.45) is 7.05 Å². The highest BCUT2D eigenvalue weighted by molar-refractivity contribution is 5.62. The zero-order valence-electron chi connectivity index (χ0n) is 12.8. The molecule has 6 heteroatoms. The number of rotatable bonds is 4. The number of aryl methyl sites for hydroxylation is 2. The predicted octanol–water partition coefficient (Wildman–Crippen LogP) is 1.80. The van der Waals surface area contributed by atoms with Gasteiger partial charge in [-0.1, -0.05) is 0 Å². The van der Waals surface area contributed by atoms with Crippen molar-refractivity contribution in [1.82, 2.24) is 19.7 Å². The summed E-state index contributed by atoms with van der Waals surface area (Å²) < 4.78 is 7.46. The van der Waals surface area contributed by atoms with Crippen molar-refractivity contribution in [3.05, 3.63) is 24.2 Å². The minimum absolute atomic E-state index is 0.293. The van der Waals surface area contributed by atoms with Crippen molar-refractivity contribution in [2.45, 2.75) is 25.9 Å². The summed E-state index contributed by atoms with van der Waals surface area (Å²) in [6.07, 6.45) is 8.23. The third-order valence-corrected chi connectivity index (χ3v) is 3.78. The number of likely N-dealkylation sites (N-methyl/N-ethyl adjacent to an activating group) is 1. The lowest BCUT2D eigenvalue weighted by Gasteiger charge is -2.21. The SMILES string of the molecule is Cc1cnc(N(C)CC2CCCO2)nc1-c1cnn(C)c1. The van der Waals surface area contributed by atoms with E-state index >= 15 is 0 Å². The van der Waals surface area contributed by atoms with Gasteiger partial charge in [0.25, 0.3) is 0 Å². The van der Waals surface area contributed by atoms with Crippen molar-refractivity contribution in [3.8, 4) is 11.3 Å². The first kappa shape index (κ1) is 14.0. The smallest absolute Gasteiger partial charge is 0.225 e. The second-order valence-corrected chi connectivity index (χ2v) is 5.62. The van der Waals surface area contributed by atoms with Gasteiger partial charge in [0, 0.05) is 45.2 Å². The quantitative estimate of drug-likeness (QED) is 0.858. The summed E-state index contributed by atoms with van der Waals surface area (Å²) in [6, 6.07) is 0. The Morgan fingerprint density at radius 2 is 2.29 bits per heavy atom. The van der Waals surface area contributed by atoms with Crippen LogP contribution in [0.25, 0.3) is 11.3 Å². The summed E-state index contributed by atoms with van der Waals surface area (Å²) >= 11 is 0. The third kappa shape index (κ3) is 3.05. The molecule has 2 aromatic rings. The molecule has 1 unspecified atom stereocenters. The van der Waals surface area contributed by atoms with E-state index in [9.17, 15) is 0 Å². The van der Waals surface area contributed by atoms with Crippen LogP contribution in [0.4, 0.5) is 5.95 Å². The van der Waals surface area contributed by atoms with Crippen LogP contribution in [0, 0.1) is 6.92 Å². The monoisotopic (exact) mass is 287 g/mol. The van der Waals surface area contributed by atoms with Gasteiger partial charge < -0.3 is 9.64 Å². The molecule has 1 fully saturated rings. The zero-order chi connectivity index (χ0) is 14.8. The number of hydrogen-bond donors (Lipinski definition) is 0. The molecular formula is C15H21N5O. The third-order valence-electron chi connectivity index (χ3n) is 3.78. The molecule has 21 heavy (non-hydrogen) atoms. The van der Waals surface area contributed by atoms with Gasteiger partial charge >= 0.3 is 0 Å². The van der Waals surface area contributed by atoms with Gasteiger partial charge in [-0.2, -0.15) is 5.10 Å². The molecule has 1 saturated heterocycles. The second kappa shape index (κ2) is 5.81. The zero-order valence-corrected chi connectivity index (χ0v) is 12.8. The number of nitrogens with zero attached hydrogens (tertiary/aromatic N) is 5. The van der Waals surface area contributed by atoms with Crippen LogP contribution in [-0.4, -0.2) is 46.1 Å². The summed E-state index contributed by atoms with van der Waals surface area (Å²) in [5.41, 5.74) is 3.01. The Kier molecular flexibility index (Phi) is 3.88. The number of ether oxygens (including phenoxy) is 1. The molecule has 1 aliphatic heterocycles. The largest absolute Gasteiger partial charge is 0.376 e. The molecule has 3 heterocycles. The minimum Gasteiger partial charge on any atom is -0.376 e. The Balaban J connectivity index is 1.82. The molecule has 1 aliphatic rings. The highest BCUT2D eigenvalue weighted by atomic mass is 16.5. The molecule has 0 aromatic carbocycles. The van der Waals surface area contributed by atoms with E-state index in [-0.39, 0.29) is 0 Å². The minimum atomic E-state index is 0.293. The van der Waals surface area contributed by atoms with Crippen molar-refractivity contribution < 1.29 is 4.74 Å². The van der Waals surface area contributed by atoms with Crippen LogP contribution in [0.15, 0.2) is 18.6 Å². The molecule has 0 aliphatic carbocycles. The summed E-state index contributed by atoms with van der Waals surface area (Å²) in [5.74, 6) is 0.731. The van der Waals surface area contributed by atoms with Crippen LogP contribution in [0.2, 0.25) is 0 Å². The summed E-state index contributed by atoms with van der Waals surface area (Å²) in [6.45, 7) is 3.72. The fourth-order valence-corrected chi connectivity index (χ4v) is 2.63. The molecule has 0 radical (unpaired) electrons. The Morgan fingerprint density at radius 3 is 2.95 bits per heavy atom. The molecule has 2 aromatic heterocycles. The van der Waals surface area contributed by atoms with Crippen LogP contribution in [0.3, 0.4) is 0 Å².